The van der Waals surface area contributed by atoms with E-state index in [2.05, 4.69) is 37.8 Å². The van der Waals surface area contributed by atoms with E-state index in [-0.39, 0.29) is 0 Å². The lowest BCUT2D eigenvalue weighted by Crippen LogP contribution is -2.24. The molecule has 3 aromatic rings. The molecule has 25 heavy (non-hydrogen) atoms. The molecule has 126 valence electrons. The summed E-state index contributed by atoms with van der Waals surface area (Å²) in [6.45, 7) is 5.47. The zero-order valence-electron chi connectivity index (χ0n) is 14.5. The van der Waals surface area contributed by atoms with E-state index in [0.717, 1.165) is 22.5 Å². The number of pyridine rings is 1. The van der Waals surface area contributed by atoms with Crippen molar-refractivity contribution in [1.29, 1.82) is 10.5 Å². The second kappa shape index (κ2) is 5.84. The summed E-state index contributed by atoms with van der Waals surface area (Å²) in [6.07, 6.45) is 3.43. The minimum absolute atomic E-state index is 0.540. The summed E-state index contributed by atoms with van der Waals surface area (Å²) >= 11 is 0. The molecular weight excluding hydrogens is 316 g/mol. The molecule has 0 saturated heterocycles. The van der Waals surface area contributed by atoms with E-state index in [1.165, 1.54) is 0 Å². The topological polar surface area (TPSA) is 118 Å². The fourth-order valence-electron chi connectivity index (χ4n) is 2.54. The molecule has 0 aliphatic carbocycles. The van der Waals surface area contributed by atoms with Crippen LogP contribution in [0.25, 0.3) is 11.0 Å². The molecule has 0 aliphatic heterocycles. The molecule has 0 aromatic carbocycles. The Bertz CT molecular complexity index is 1030. The molecule has 3 N–H and O–H groups in total. The zero-order valence-corrected chi connectivity index (χ0v) is 14.5. The predicted molar refractivity (Wildman–Crippen MR) is 95.5 cm³/mol. The van der Waals surface area contributed by atoms with E-state index >= 15 is 0 Å². The van der Waals surface area contributed by atoms with Gasteiger partial charge in [-0.3, -0.25) is 4.68 Å². The van der Waals surface area contributed by atoms with Gasteiger partial charge in [-0.15, -0.1) is 0 Å². The van der Waals surface area contributed by atoms with Crippen molar-refractivity contribution in [2.75, 3.05) is 17.7 Å². The van der Waals surface area contributed by atoms with Crippen LogP contribution in [-0.4, -0.2) is 26.8 Å². The zero-order chi connectivity index (χ0) is 18.2. The third-order valence-electron chi connectivity index (χ3n) is 4.04. The SMILES string of the molecule is CNc1cc(Nc2cn(C(C)(C)C#N)nc2C)nc2[nH]cc(C#N)c12. The second-order valence-corrected chi connectivity index (χ2v) is 6.21. The van der Waals surface area contributed by atoms with E-state index in [9.17, 15) is 10.5 Å². The van der Waals surface area contributed by atoms with Gasteiger partial charge >= 0.3 is 0 Å². The van der Waals surface area contributed by atoms with E-state index in [0.29, 0.717) is 17.0 Å². The Morgan fingerprint density at radius 2 is 2.04 bits per heavy atom. The highest BCUT2D eigenvalue weighted by Crippen LogP contribution is 2.30. The second-order valence-electron chi connectivity index (χ2n) is 6.21. The number of nitriles is 2. The molecule has 0 bridgehead atoms. The molecule has 0 unspecified atom stereocenters. The van der Waals surface area contributed by atoms with Gasteiger partial charge in [0.25, 0.3) is 0 Å². The van der Waals surface area contributed by atoms with Crippen molar-refractivity contribution in [3.63, 3.8) is 0 Å². The summed E-state index contributed by atoms with van der Waals surface area (Å²) in [5.41, 5.74) is 2.75. The van der Waals surface area contributed by atoms with Gasteiger partial charge in [0.15, 0.2) is 0 Å². The number of H-pyrrole nitrogens is 1. The average Bonchev–Trinajstić information content (AvgIpc) is 3.18. The number of hydrogen-bond acceptors (Lipinski definition) is 6. The number of hydrogen-bond donors (Lipinski definition) is 3. The first-order valence-electron chi connectivity index (χ1n) is 7.74. The van der Waals surface area contributed by atoms with Crippen molar-refractivity contribution in [2.45, 2.75) is 26.3 Å². The van der Waals surface area contributed by atoms with Crippen molar-refractivity contribution in [1.82, 2.24) is 19.7 Å². The number of rotatable bonds is 4. The Morgan fingerprint density at radius 1 is 1.28 bits per heavy atom. The predicted octanol–water partition coefficient (Wildman–Crippen LogP) is 2.98. The van der Waals surface area contributed by atoms with Gasteiger partial charge in [-0.2, -0.15) is 15.6 Å². The number of aryl methyl sites for hydroxylation is 1. The number of nitrogens with one attached hydrogen (secondary N) is 3. The maximum atomic E-state index is 9.27. The fraction of sp³-hybridized carbons (Fsp3) is 0.294. The normalized spacial score (nSPS) is 11.1. The average molecular weight is 334 g/mol. The monoisotopic (exact) mass is 334 g/mol. The van der Waals surface area contributed by atoms with Crippen LogP contribution in [-0.2, 0) is 5.54 Å². The molecule has 0 radical (unpaired) electrons. The lowest BCUT2D eigenvalue weighted by Gasteiger charge is -2.15. The minimum atomic E-state index is -0.737. The van der Waals surface area contributed by atoms with Gasteiger partial charge in [-0.05, 0) is 20.8 Å². The Kier molecular flexibility index (Phi) is 3.82. The molecule has 3 aromatic heterocycles. The van der Waals surface area contributed by atoms with Gasteiger partial charge in [-0.1, -0.05) is 0 Å². The Morgan fingerprint density at radius 3 is 2.68 bits per heavy atom. The molecule has 0 spiro atoms. The van der Waals surface area contributed by atoms with Crippen molar-refractivity contribution < 1.29 is 0 Å². The smallest absolute Gasteiger partial charge is 0.143 e. The maximum absolute atomic E-state index is 9.27. The van der Waals surface area contributed by atoms with E-state index < -0.39 is 5.54 Å². The Balaban J connectivity index is 2.02. The van der Waals surface area contributed by atoms with E-state index in [1.54, 1.807) is 38.0 Å². The first kappa shape index (κ1) is 16.3. The lowest BCUT2D eigenvalue weighted by molar-refractivity contribution is 0.417. The Hall–Kier alpha value is -3.52. The van der Waals surface area contributed by atoms with Crippen LogP contribution in [0.5, 0.6) is 0 Å². The largest absolute Gasteiger partial charge is 0.387 e. The molecule has 0 aliphatic rings. The quantitative estimate of drug-likeness (QED) is 0.675. The molecule has 0 amide bonds. The first-order valence-corrected chi connectivity index (χ1v) is 7.74. The number of aromatic amines is 1. The molecule has 0 fully saturated rings. The van der Waals surface area contributed by atoms with Crippen molar-refractivity contribution >= 4 is 28.2 Å². The van der Waals surface area contributed by atoms with Crippen LogP contribution in [0, 0.1) is 29.6 Å². The molecule has 0 atom stereocenters. The van der Waals surface area contributed by atoms with Crippen LogP contribution >= 0.6 is 0 Å². The highest BCUT2D eigenvalue weighted by molar-refractivity contribution is 5.96. The summed E-state index contributed by atoms with van der Waals surface area (Å²) in [6, 6.07) is 6.22. The highest BCUT2D eigenvalue weighted by Gasteiger charge is 2.22. The van der Waals surface area contributed by atoms with Crippen molar-refractivity contribution in [3.8, 4) is 12.1 Å². The number of nitrogens with zero attached hydrogens (tertiary/aromatic N) is 5. The number of anilines is 3. The molecule has 8 heteroatoms. The Labute approximate surface area is 145 Å². The maximum Gasteiger partial charge on any atom is 0.143 e. The van der Waals surface area contributed by atoms with Gasteiger partial charge in [0.2, 0.25) is 0 Å². The summed E-state index contributed by atoms with van der Waals surface area (Å²) in [4.78, 5) is 7.54. The summed E-state index contributed by atoms with van der Waals surface area (Å²) in [7, 11) is 1.80. The van der Waals surface area contributed by atoms with Crippen LogP contribution in [0.2, 0.25) is 0 Å². The van der Waals surface area contributed by atoms with Crippen molar-refractivity contribution in [3.05, 3.63) is 29.7 Å². The van der Waals surface area contributed by atoms with Gasteiger partial charge in [0, 0.05) is 25.0 Å². The van der Waals surface area contributed by atoms with Crippen molar-refractivity contribution in [2.24, 2.45) is 0 Å². The molecular formula is C17H18N8. The van der Waals surface area contributed by atoms with Crippen LogP contribution in [0.1, 0.15) is 25.1 Å². The van der Waals surface area contributed by atoms with Crippen LogP contribution in [0.3, 0.4) is 0 Å². The number of fused-ring (bicyclic) bond motifs is 1. The van der Waals surface area contributed by atoms with Gasteiger partial charge in [0.05, 0.1) is 34.6 Å². The third-order valence-corrected chi connectivity index (χ3v) is 4.04. The van der Waals surface area contributed by atoms with Crippen LogP contribution < -0.4 is 10.6 Å². The molecule has 3 heterocycles. The molecule has 8 nitrogen and oxygen atoms in total. The van der Waals surface area contributed by atoms with Gasteiger partial charge < -0.3 is 15.6 Å². The minimum Gasteiger partial charge on any atom is -0.387 e. The molecule has 0 saturated carbocycles. The third kappa shape index (κ3) is 2.74. The summed E-state index contributed by atoms with van der Waals surface area (Å²) in [5.74, 6) is 0.612. The van der Waals surface area contributed by atoms with Crippen LogP contribution in [0.4, 0.5) is 17.2 Å². The summed E-state index contributed by atoms with van der Waals surface area (Å²) < 4.78 is 1.63. The van der Waals surface area contributed by atoms with Gasteiger partial charge in [0.1, 0.15) is 23.1 Å². The summed E-state index contributed by atoms with van der Waals surface area (Å²) in [5, 5.41) is 30.0. The van der Waals surface area contributed by atoms with E-state index in [4.69, 9.17) is 0 Å². The molecule has 3 rings (SSSR count). The number of aromatic nitrogens is 4. The van der Waals surface area contributed by atoms with Gasteiger partial charge in [-0.25, -0.2) is 4.98 Å². The fourth-order valence-corrected chi connectivity index (χ4v) is 2.54. The van der Waals surface area contributed by atoms with E-state index in [1.807, 2.05) is 13.0 Å². The lowest BCUT2D eigenvalue weighted by atomic mass is 10.1. The van der Waals surface area contributed by atoms with Crippen LogP contribution in [0.15, 0.2) is 18.5 Å². The first-order chi connectivity index (χ1) is 11.9. The standard InChI is InChI=1S/C17H18N8/c1-10-13(8-25(24-10)17(2,3)9-19)22-14-5-12(20-4)15-11(6-18)7-21-16(15)23-14/h5,7-8H,1-4H3,(H3,20,21,22,23). The highest BCUT2D eigenvalue weighted by atomic mass is 15.3.